The molecule has 5 nitrogen and oxygen atoms in total. The summed E-state index contributed by atoms with van der Waals surface area (Å²) in [6, 6.07) is 40.5. The van der Waals surface area contributed by atoms with Crippen molar-refractivity contribution in [2.24, 2.45) is 0 Å². The Bertz CT molecular complexity index is 1840. The van der Waals surface area contributed by atoms with Gasteiger partial charge in [0.1, 0.15) is 0 Å². The molecule has 178 valence electrons. The van der Waals surface area contributed by atoms with Crippen LogP contribution < -0.4 is 0 Å². The van der Waals surface area contributed by atoms with E-state index in [9.17, 15) is 0 Å². The second-order valence-corrected chi connectivity index (χ2v) is 8.99. The van der Waals surface area contributed by atoms with Gasteiger partial charge in [0, 0.05) is 33.7 Å². The summed E-state index contributed by atoms with van der Waals surface area (Å²) in [5, 5.41) is 3.37. The van der Waals surface area contributed by atoms with Gasteiger partial charge in [0.05, 0.1) is 16.9 Å². The van der Waals surface area contributed by atoms with Crippen LogP contribution in [0.2, 0.25) is 0 Å². The van der Waals surface area contributed by atoms with Crippen LogP contribution in [0.25, 0.3) is 67.2 Å². The Labute approximate surface area is 219 Å². The van der Waals surface area contributed by atoms with Gasteiger partial charge < -0.3 is 0 Å². The first-order valence-electron chi connectivity index (χ1n) is 12.4. The molecule has 0 N–H and O–H groups in total. The molecule has 7 rings (SSSR count). The van der Waals surface area contributed by atoms with Crippen molar-refractivity contribution in [3.05, 3.63) is 128 Å². The van der Waals surface area contributed by atoms with E-state index >= 15 is 0 Å². The van der Waals surface area contributed by atoms with Crippen molar-refractivity contribution >= 4 is 21.7 Å². The minimum absolute atomic E-state index is 0.577. The van der Waals surface area contributed by atoms with Crippen LogP contribution in [0.3, 0.4) is 0 Å². The number of rotatable bonds is 4. The van der Waals surface area contributed by atoms with E-state index in [-0.39, 0.29) is 0 Å². The summed E-state index contributed by atoms with van der Waals surface area (Å²) >= 11 is 0. The molecule has 0 aliphatic carbocycles. The normalized spacial score (nSPS) is 11.2. The quantitative estimate of drug-likeness (QED) is 0.239. The monoisotopic (exact) mass is 487 g/mol. The Morgan fingerprint density at radius 2 is 0.895 bits per heavy atom. The number of para-hydroxylation sites is 1. The first kappa shape index (κ1) is 21.9. The van der Waals surface area contributed by atoms with E-state index < -0.39 is 0 Å². The number of aromatic nitrogens is 5. The standard InChI is InChI=1S/C33H21N5/c1-3-11-22(12-4-1)31-36-32(23-13-5-2-6-14-23)38-33(37-31)24-19-20-29(34-21-24)30-27-17-8-7-15-25(27)26-16-9-10-18-28(26)35-30/h1-21H. The lowest BCUT2D eigenvalue weighted by molar-refractivity contribution is 1.07. The molecule has 0 atom stereocenters. The van der Waals surface area contributed by atoms with E-state index in [1.165, 1.54) is 0 Å². The molecule has 0 spiro atoms. The number of hydrogen-bond donors (Lipinski definition) is 0. The van der Waals surface area contributed by atoms with Gasteiger partial charge in [-0.2, -0.15) is 0 Å². The highest BCUT2D eigenvalue weighted by Crippen LogP contribution is 2.32. The third-order valence-electron chi connectivity index (χ3n) is 6.57. The van der Waals surface area contributed by atoms with Gasteiger partial charge >= 0.3 is 0 Å². The Morgan fingerprint density at radius 3 is 1.50 bits per heavy atom. The maximum Gasteiger partial charge on any atom is 0.165 e. The van der Waals surface area contributed by atoms with Crippen LogP contribution in [0.5, 0.6) is 0 Å². The van der Waals surface area contributed by atoms with E-state index in [2.05, 4.69) is 24.3 Å². The number of hydrogen-bond acceptors (Lipinski definition) is 5. The Hall–Kier alpha value is -5.29. The number of nitrogens with zero attached hydrogens (tertiary/aromatic N) is 5. The van der Waals surface area contributed by atoms with Crippen LogP contribution in [-0.2, 0) is 0 Å². The van der Waals surface area contributed by atoms with Crippen molar-refractivity contribution in [1.29, 1.82) is 0 Å². The lowest BCUT2D eigenvalue weighted by atomic mass is 10.0. The van der Waals surface area contributed by atoms with E-state index in [1.807, 2.05) is 103 Å². The Balaban J connectivity index is 1.35. The molecule has 5 heteroatoms. The van der Waals surface area contributed by atoms with E-state index in [0.29, 0.717) is 17.5 Å². The maximum atomic E-state index is 4.98. The van der Waals surface area contributed by atoms with Crippen LogP contribution in [0.15, 0.2) is 128 Å². The van der Waals surface area contributed by atoms with Crippen LogP contribution >= 0.6 is 0 Å². The minimum Gasteiger partial charge on any atom is -0.254 e. The summed E-state index contributed by atoms with van der Waals surface area (Å²) < 4.78 is 0. The summed E-state index contributed by atoms with van der Waals surface area (Å²) in [6.45, 7) is 0. The SMILES string of the molecule is c1ccc(-c2nc(-c3ccccc3)nc(-c3ccc(-c4nc5ccccc5c5ccccc45)nc3)n2)cc1. The summed E-state index contributed by atoms with van der Waals surface area (Å²) in [5.41, 5.74) is 5.29. The fourth-order valence-electron chi connectivity index (χ4n) is 4.70. The van der Waals surface area contributed by atoms with Crippen molar-refractivity contribution in [1.82, 2.24) is 24.9 Å². The Kier molecular flexibility index (Phi) is 5.37. The van der Waals surface area contributed by atoms with Gasteiger partial charge in [-0.3, -0.25) is 4.98 Å². The van der Waals surface area contributed by atoms with Gasteiger partial charge in [0.2, 0.25) is 0 Å². The number of fused-ring (bicyclic) bond motifs is 3. The predicted molar refractivity (Wildman–Crippen MR) is 152 cm³/mol. The van der Waals surface area contributed by atoms with Gasteiger partial charge in [-0.05, 0) is 23.6 Å². The third kappa shape index (κ3) is 3.96. The predicted octanol–water partition coefficient (Wildman–Crippen LogP) is 7.64. The highest BCUT2D eigenvalue weighted by Gasteiger charge is 2.14. The van der Waals surface area contributed by atoms with Crippen LogP contribution in [0.1, 0.15) is 0 Å². The van der Waals surface area contributed by atoms with Gasteiger partial charge in [0.25, 0.3) is 0 Å². The molecule has 0 aliphatic heterocycles. The topological polar surface area (TPSA) is 64.5 Å². The molecule has 0 saturated carbocycles. The lowest BCUT2D eigenvalue weighted by Crippen LogP contribution is -2.00. The zero-order valence-electron chi connectivity index (χ0n) is 20.4. The molecule has 0 amide bonds. The molecule has 0 saturated heterocycles. The third-order valence-corrected chi connectivity index (χ3v) is 6.57. The van der Waals surface area contributed by atoms with E-state index in [0.717, 1.165) is 49.8 Å². The highest BCUT2D eigenvalue weighted by atomic mass is 15.0. The van der Waals surface area contributed by atoms with E-state index in [4.69, 9.17) is 24.9 Å². The lowest BCUT2D eigenvalue weighted by Gasteiger charge is -2.10. The average molecular weight is 488 g/mol. The fraction of sp³-hybridized carbons (Fsp3) is 0. The first-order valence-corrected chi connectivity index (χ1v) is 12.4. The number of pyridine rings is 2. The molecule has 0 unspecified atom stereocenters. The molecular formula is C33H21N5. The molecule has 38 heavy (non-hydrogen) atoms. The maximum absolute atomic E-state index is 4.98. The number of benzene rings is 4. The van der Waals surface area contributed by atoms with Gasteiger partial charge in [-0.15, -0.1) is 0 Å². The summed E-state index contributed by atoms with van der Waals surface area (Å²) in [4.78, 5) is 24.2. The van der Waals surface area contributed by atoms with Crippen LogP contribution in [0, 0.1) is 0 Å². The first-order chi connectivity index (χ1) is 18.8. The minimum atomic E-state index is 0.577. The molecule has 3 aromatic heterocycles. The summed E-state index contributed by atoms with van der Waals surface area (Å²) in [7, 11) is 0. The van der Waals surface area contributed by atoms with Gasteiger partial charge in [0.15, 0.2) is 17.5 Å². The average Bonchev–Trinajstić information content (AvgIpc) is 3.01. The molecule has 3 heterocycles. The molecular weight excluding hydrogens is 466 g/mol. The van der Waals surface area contributed by atoms with E-state index in [1.54, 1.807) is 0 Å². The summed E-state index contributed by atoms with van der Waals surface area (Å²) in [6.07, 6.45) is 1.82. The molecule has 7 aromatic rings. The van der Waals surface area contributed by atoms with Gasteiger partial charge in [-0.25, -0.2) is 19.9 Å². The van der Waals surface area contributed by atoms with Crippen molar-refractivity contribution in [3.8, 4) is 45.6 Å². The Morgan fingerprint density at radius 1 is 0.368 bits per heavy atom. The second kappa shape index (κ2) is 9.30. The zero-order chi connectivity index (χ0) is 25.3. The second-order valence-electron chi connectivity index (χ2n) is 8.99. The highest BCUT2D eigenvalue weighted by molar-refractivity contribution is 6.10. The van der Waals surface area contributed by atoms with Gasteiger partial charge in [-0.1, -0.05) is 103 Å². The fourth-order valence-corrected chi connectivity index (χ4v) is 4.70. The molecule has 4 aromatic carbocycles. The smallest absolute Gasteiger partial charge is 0.165 e. The van der Waals surface area contributed by atoms with Crippen molar-refractivity contribution in [3.63, 3.8) is 0 Å². The molecule has 0 radical (unpaired) electrons. The van der Waals surface area contributed by atoms with Crippen LogP contribution in [0.4, 0.5) is 0 Å². The van der Waals surface area contributed by atoms with Crippen molar-refractivity contribution in [2.45, 2.75) is 0 Å². The molecule has 0 aliphatic rings. The largest absolute Gasteiger partial charge is 0.254 e. The van der Waals surface area contributed by atoms with Crippen molar-refractivity contribution < 1.29 is 0 Å². The van der Waals surface area contributed by atoms with Crippen LogP contribution in [-0.4, -0.2) is 24.9 Å². The molecule has 0 bridgehead atoms. The molecule has 0 fully saturated rings. The zero-order valence-corrected chi connectivity index (χ0v) is 20.4. The van der Waals surface area contributed by atoms with Crippen molar-refractivity contribution in [2.75, 3.05) is 0 Å². The summed E-state index contributed by atoms with van der Waals surface area (Å²) in [5.74, 6) is 1.83.